The summed E-state index contributed by atoms with van der Waals surface area (Å²) in [7, 11) is 0. The van der Waals surface area contributed by atoms with Crippen LogP contribution in [0.25, 0.3) is 5.69 Å². The Kier molecular flexibility index (Phi) is 3.71. The molecule has 4 nitrogen and oxygen atoms in total. The molecule has 0 aliphatic carbocycles. The number of pyridine rings is 1. The number of hydrogen-bond donors (Lipinski definition) is 1. The first-order chi connectivity index (χ1) is 11.2. The third-order valence-electron chi connectivity index (χ3n) is 3.96. The van der Waals surface area contributed by atoms with Gasteiger partial charge in [-0.15, -0.1) is 0 Å². The molecule has 0 saturated carbocycles. The summed E-state index contributed by atoms with van der Waals surface area (Å²) in [4.78, 5) is 4.40. The third kappa shape index (κ3) is 2.69. The van der Waals surface area contributed by atoms with Crippen molar-refractivity contribution in [2.75, 3.05) is 11.9 Å². The first kappa shape index (κ1) is 14.5. The van der Waals surface area contributed by atoms with E-state index in [1.165, 1.54) is 5.56 Å². The quantitative estimate of drug-likeness (QED) is 0.776. The molecule has 3 heterocycles. The molecule has 0 bridgehead atoms. The number of nitrogens with one attached hydrogen (secondary N) is 1. The molecule has 1 N–H and O–H groups in total. The second-order valence-electron chi connectivity index (χ2n) is 5.46. The highest BCUT2D eigenvalue weighted by molar-refractivity contribution is 6.42. The van der Waals surface area contributed by atoms with Crippen molar-refractivity contribution < 1.29 is 0 Å². The van der Waals surface area contributed by atoms with Crippen molar-refractivity contribution >= 4 is 29.0 Å². The molecule has 4 rings (SSSR count). The van der Waals surface area contributed by atoms with Crippen LogP contribution in [0.3, 0.4) is 0 Å². The Morgan fingerprint density at radius 1 is 1.13 bits per heavy atom. The fourth-order valence-electron chi connectivity index (χ4n) is 2.87. The number of rotatable bonds is 3. The average Bonchev–Trinajstić information content (AvgIpc) is 3.15. The smallest absolute Gasteiger partial charge is 0.133 e. The normalized spacial score (nSPS) is 13.0. The number of anilines is 1. The largest absolute Gasteiger partial charge is 0.369 e. The maximum absolute atomic E-state index is 6.15. The predicted molar refractivity (Wildman–Crippen MR) is 92.8 cm³/mol. The summed E-state index contributed by atoms with van der Waals surface area (Å²) >= 11 is 12.2. The summed E-state index contributed by atoms with van der Waals surface area (Å²) in [5.41, 5.74) is 4.22. The second kappa shape index (κ2) is 5.87. The summed E-state index contributed by atoms with van der Waals surface area (Å²) in [6.45, 7) is 0.920. The molecule has 0 amide bonds. The molecule has 0 spiro atoms. The van der Waals surface area contributed by atoms with Crippen LogP contribution in [0.1, 0.15) is 17.0 Å². The van der Waals surface area contributed by atoms with Crippen LogP contribution in [0.5, 0.6) is 0 Å². The van der Waals surface area contributed by atoms with Crippen LogP contribution < -0.4 is 5.32 Å². The Balaban J connectivity index is 1.77. The summed E-state index contributed by atoms with van der Waals surface area (Å²) < 4.78 is 1.91. The SMILES string of the molecule is Clc1ccc(-n2nc(Cc3ccccn3)c3c2NCC3)cc1Cl. The fraction of sp³-hybridized carbons (Fsp3) is 0.176. The van der Waals surface area contributed by atoms with Crippen LogP contribution in [-0.2, 0) is 12.8 Å². The van der Waals surface area contributed by atoms with Crippen LogP contribution >= 0.6 is 23.2 Å². The van der Waals surface area contributed by atoms with Crippen molar-refractivity contribution in [3.8, 4) is 5.69 Å². The van der Waals surface area contributed by atoms with Crippen LogP contribution in [0.15, 0.2) is 42.6 Å². The molecule has 3 aromatic rings. The van der Waals surface area contributed by atoms with Gasteiger partial charge in [0.2, 0.25) is 0 Å². The highest BCUT2D eigenvalue weighted by atomic mass is 35.5. The highest BCUT2D eigenvalue weighted by Crippen LogP contribution is 2.32. The molecule has 116 valence electrons. The molecule has 0 fully saturated rings. The molecular weight excluding hydrogens is 331 g/mol. The summed E-state index contributed by atoms with van der Waals surface area (Å²) in [6.07, 6.45) is 3.50. The van der Waals surface area contributed by atoms with Gasteiger partial charge in [0.25, 0.3) is 0 Å². The topological polar surface area (TPSA) is 42.7 Å². The number of nitrogens with zero attached hydrogens (tertiary/aromatic N) is 3. The first-order valence-corrected chi connectivity index (χ1v) is 8.18. The zero-order valence-corrected chi connectivity index (χ0v) is 13.8. The van der Waals surface area contributed by atoms with E-state index in [2.05, 4.69) is 10.3 Å². The molecule has 0 unspecified atom stereocenters. The monoisotopic (exact) mass is 344 g/mol. The Bertz CT molecular complexity index is 859. The maximum Gasteiger partial charge on any atom is 0.133 e. The van der Waals surface area contributed by atoms with Crippen molar-refractivity contribution in [2.24, 2.45) is 0 Å². The van der Waals surface area contributed by atoms with E-state index in [-0.39, 0.29) is 0 Å². The van der Waals surface area contributed by atoms with Gasteiger partial charge in [0, 0.05) is 30.4 Å². The third-order valence-corrected chi connectivity index (χ3v) is 4.70. The molecule has 0 saturated heterocycles. The lowest BCUT2D eigenvalue weighted by molar-refractivity contribution is 0.834. The van der Waals surface area contributed by atoms with E-state index in [4.69, 9.17) is 28.3 Å². The zero-order valence-electron chi connectivity index (χ0n) is 12.3. The lowest BCUT2D eigenvalue weighted by Gasteiger charge is -2.07. The number of fused-ring (bicyclic) bond motifs is 1. The number of aromatic nitrogens is 3. The van der Waals surface area contributed by atoms with Gasteiger partial charge in [0.05, 0.1) is 21.4 Å². The van der Waals surface area contributed by atoms with E-state index >= 15 is 0 Å². The number of halogens is 2. The summed E-state index contributed by atoms with van der Waals surface area (Å²) in [6, 6.07) is 11.5. The Hall–Kier alpha value is -2.04. The van der Waals surface area contributed by atoms with E-state index in [1.807, 2.05) is 41.2 Å². The van der Waals surface area contributed by atoms with E-state index in [9.17, 15) is 0 Å². The van der Waals surface area contributed by atoms with E-state index in [1.54, 1.807) is 6.07 Å². The second-order valence-corrected chi connectivity index (χ2v) is 6.27. The molecule has 1 aliphatic rings. The first-order valence-electron chi connectivity index (χ1n) is 7.42. The Morgan fingerprint density at radius 3 is 2.83 bits per heavy atom. The van der Waals surface area contributed by atoms with Gasteiger partial charge < -0.3 is 5.32 Å². The van der Waals surface area contributed by atoms with Crippen LogP contribution in [0.4, 0.5) is 5.82 Å². The van der Waals surface area contributed by atoms with Crippen molar-refractivity contribution in [1.29, 1.82) is 0 Å². The lowest BCUT2D eigenvalue weighted by Crippen LogP contribution is -2.05. The molecule has 2 aromatic heterocycles. The molecule has 6 heteroatoms. The summed E-state index contributed by atoms with van der Waals surface area (Å²) in [5.74, 6) is 1.04. The van der Waals surface area contributed by atoms with Crippen molar-refractivity contribution in [3.05, 3.63) is 69.6 Å². The van der Waals surface area contributed by atoms with Gasteiger partial charge in [-0.1, -0.05) is 29.3 Å². The predicted octanol–water partition coefficient (Wildman–Crippen LogP) is 4.13. The lowest BCUT2D eigenvalue weighted by atomic mass is 10.1. The van der Waals surface area contributed by atoms with Gasteiger partial charge in [-0.3, -0.25) is 4.98 Å². The highest BCUT2D eigenvalue weighted by Gasteiger charge is 2.23. The van der Waals surface area contributed by atoms with Gasteiger partial charge in [-0.05, 0) is 36.8 Å². The van der Waals surface area contributed by atoms with E-state index in [0.29, 0.717) is 10.0 Å². The van der Waals surface area contributed by atoms with Crippen molar-refractivity contribution in [3.63, 3.8) is 0 Å². The Labute approximate surface area is 144 Å². The van der Waals surface area contributed by atoms with Gasteiger partial charge in [-0.2, -0.15) is 5.10 Å². The molecule has 1 aliphatic heterocycles. The van der Waals surface area contributed by atoms with E-state index < -0.39 is 0 Å². The van der Waals surface area contributed by atoms with Gasteiger partial charge >= 0.3 is 0 Å². The minimum Gasteiger partial charge on any atom is -0.369 e. The van der Waals surface area contributed by atoms with Gasteiger partial charge in [-0.25, -0.2) is 4.68 Å². The zero-order chi connectivity index (χ0) is 15.8. The molecular formula is C17H14Cl2N4. The maximum atomic E-state index is 6.15. The van der Waals surface area contributed by atoms with Crippen molar-refractivity contribution in [2.45, 2.75) is 12.8 Å². The number of benzene rings is 1. The number of hydrogen-bond acceptors (Lipinski definition) is 3. The molecule has 0 atom stereocenters. The van der Waals surface area contributed by atoms with Crippen LogP contribution in [0.2, 0.25) is 10.0 Å². The Morgan fingerprint density at radius 2 is 2.04 bits per heavy atom. The molecule has 0 radical (unpaired) electrons. The van der Waals surface area contributed by atoms with Crippen molar-refractivity contribution in [1.82, 2.24) is 14.8 Å². The molecule has 1 aromatic carbocycles. The summed E-state index contributed by atoms with van der Waals surface area (Å²) in [5, 5.41) is 9.26. The van der Waals surface area contributed by atoms with Gasteiger partial charge in [0.1, 0.15) is 5.82 Å². The van der Waals surface area contributed by atoms with Crippen LogP contribution in [0, 0.1) is 0 Å². The standard InChI is InChI=1S/C17H14Cl2N4/c18-14-5-4-12(10-15(14)19)23-17-13(6-8-21-17)16(22-23)9-11-3-1-2-7-20-11/h1-5,7,10,21H,6,8-9H2. The fourth-order valence-corrected chi connectivity index (χ4v) is 3.16. The van der Waals surface area contributed by atoms with Gasteiger partial charge in [0.15, 0.2) is 0 Å². The van der Waals surface area contributed by atoms with Crippen LogP contribution in [-0.4, -0.2) is 21.3 Å². The van der Waals surface area contributed by atoms with E-state index in [0.717, 1.165) is 42.3 Å². The average molecular weight is 345 g/mol. The molecule has 23 heavy (non-hydrogen) atoms. The minimum atomic E-state index is 0.526. The minimum absolute atomic E-state index is 0.526.